The molecule has 0 aliphatic heterocycles. The van der Waals surface area contributed by atoms with E-state index in [1.54, 1.807) is 33.3 Å². The number of hydrogen-bond donors (Lipinski definition) is 4. The van der Waals surface area contributed by atoms with E-state index in [0.29, 0.717) is 42.8 Å². The van der Waals surface area contributed by atoms with Crippen LogP contribution in [0.3, 0.4) is 0 Å². The molecule has 2 amide bonds. The first-order chi connectivity index (χ1) is 15.8. The SMILES string of the molecule is CNC(=O)c1ccc2c(c1)CCc1cc(C(=O)NC)ccc1C2(CCN)c1nn(C)c(=O)[nH]1. The second kappa shape index (κ2) is 8.67. The molecule has 0 radical (unpaired) electrons. The van der Waals surface area contributed by atoms with Crippen LogP contribution in [0.1, 0.15) is 55.2 Å². The number of aromatic nitrogens is 3. The summed E-state index contributed by atoms with van der Waals surface area (Å²) >= 11 is 0. The third-order valence-corrected chi connectivity index (χ3v) is 6.47. The fraction of sp³-hybridized carbons (Fsp3) is 0.333. The standard InChI is InChI=1S/C24H28N6O3/c1-26-20(31)16-6-8-18-14(12-16)4-5-15-13-17(21(32)27-2)7-9-19(15)24(18,10-11-25)22-28-23(33)30(3)29-22/h6-9,12-13H,4-5,10-11,25H2,1-3H3,(H,26,31)(H,27,32)(H,28,29,33). The third-order valence-electron chi connectivity index (χ3n) is 6.47. The summed E-state index contributed by atoms with van der Waals surface area (Å²) in [7, 11) is 4.80. The van der Waals surface area contributed by atoms with Gasteiger partial charge in [0.05, 0.1) is 5.41 Å². The van der Waals surface area contributed by atoms with E-state index < -0.39 is 5.41 Å². The molecule has 33 heavy (non-hydrogen) atoms. The summed E-state index contributed by atoms with van der Waals surface area (Å²) in [6.07, 6.45) is 1.81. The maximum atomic E-state index is 12.4. The molecule has 0 saturated carbocycles. The van der Waals surface area contributed by atoms with Crippen molar-refractivity contribution in [2.75, 3.05) is 20.6 Å². The lowest BCUT2D eigenvalue weighted by Crippen LogP contribution is -2.35. The molecule has 9 nitrogen and oxygen atoms in total. The predicted molar refractivity (Wildman–Crippen MR) is 124 cm³/mol. The highest BCUT2D eigenvalue weighted by atomic mass is 16.2. The van der Waals surface area contributed by atoms with Crippen LogP contribution in [-0.2, 0) is 25.3 Å². The van der Waals surface area contributed by atoms with Gasteiger partial charge in [0.15, 0.2) is 0 Å². The molecule has 0 fully saturated rings. The number of nitrogens with zero attached hydrogens (tertiary/aromatic N) is 2. The molecule has 1 heterocycles. The Balaban J connectivity index is 2.05. The summed E-state index contributed by atoms with van der Waals surface area (Å²) in [5.41, 5.74) is 9.95. The molecule has 0 spiro atoms. The van der Waals surface area contributed by atoms with Gasteiger partial charge in [0.25, 0.3) is 11.8 Å². The quantitative estimate of drug-likeness (QED) is 0.454. The molecule has 1 aromatic heterocycles. The normalized spacial score (nSPS) is 14.1. The van der Waals surface area contributed by atoms with E-state index in [2.05, 4.69) is 20.7 Å². The van der Waals surface area contributed by atoms with Crippen molar-refractivity contribution in [1.29, 1.82) is 0 Å². The van der Waals surface area contributed by atoms with Crippen LogP contribution >= 0.6 is 0 Å². The molecule has 0 bridgehead atoms. The van der Waals surface area contributed by atoms with E-state index in [9.17, 15) is 14.4 Å². The number of fused-ring (bicyclic) bond motifs is 2. The maximum absolute atomic E-state index is 12.4. The number of H-pyrrole nitrogens is 1. The smallest absolute Gasteiger partial charge is 0.343 e. The van der Waals surface area contributed by atoms with E-state index in [-0.39, 0.29) is 17.5 Å². The van der Waals surface area contributed by atoms with Gasteiger partial charge in [0, 0.05) is 32.3 Å². The first-order valence-electron chi connectivity index (χ1n) is 10.9. The second-order valence-corrected chi connectivity index (χ2v) is 8.25. The molecule has 0 unspecified atom stereocenters. The lowest BCUT2D eigenvalue weighted by molar-refractivity contribution is 0.0955. The summed E-state index contributed by atoms with van der Waals surface area (Å²) in [5, 5.41) is 9.88. The van der Waals surface area contributed by atoms with E-state index in [1.807, 2.05) is 24.3 Å². The molecule has 9 heteroatoms. The van der Waals surface area contributed by atoms with Crippen LogP contribution in [0, 0.1) is 0 Å². The Bertz CT molecular complexity index is 1220. The van der Waals surface area contributed by atoms with Crippen LogP contribution in [0.5, 0.6) is 0 Å². The van der Waals surface area contributed by atoms with E-state index in [0.717, 1.165) is 22.3 Å². The average Bonchev–Trinajstić information content (AvgIpc) is 3.10. The van der Waals surface area contributed by atoms with E-state index in [1.165, 1.54) is 4.68 Å². The summed E-state index contributed by atoms with van der Waals surface area (Å²) in [6.45, 7) is 0.339. The monoisotopic (exact) mass is 448 g/mol. The van der Waals surface area contributed by atoms with Gasteiger partial charge < -0.3 is 16.4 Å². The molecule has 0 atom stereocenters. The molecule has 5 N–H and O–H groups in total. The van der Waals surface area contributed by atoms with Gasteiger partial charge in [-0.2, -0.15) is 5.10 Å². The zero-order valence-corrected chi connectivity index (χ0v) is 19.0. The molecule has 1 aliphatic carbocycles. The Morgan fingerprint density at radius 1 is 1.03 bits per heavy atom. The highest BCUT2D eigenvalue weighted by molar-refractivity contribution is 5.95. The van der Waals surface area contributed by atoms with Crippen LogP contribution in [0.15, 0.2) is 41.2 Å². The number of aromatic amines is 1. The Hall–Kier alpha value is -3.72. The zero-order valence-electron chi connectivity index (χ0n) is 19.0. The Labute approximate surface area is 191 Å². The molecular weight excluding hydrogens is 420 g/mol. The Morgan fingerprint density at radius 3 is 1.94 bits per heavy atom. The zero-order chi connectivity index (χ0) is 23.8. The van der Waals surface area contributed by atoms with Crippen LogP contribution in [0.4, 0.5) is 0 Å². The van der Waals surface area contributed by atoms with Gasteiger partial charge in [-0.3, -0.25) is 14.6 Å². The number of aryl methyl sites for hydroxylation is 3. The summed E-state index contributed by atoms with van der Waals surface area (Å²) < 4.78 is 1.27. The van der Waals surface area contributed by atoms with E-state index in [4.69, 9.17) is 5.73 Å². The number of rotatable bonds is 5. The van der Waals surface area contributed by atoms with Crippen LogP contribution in [0.2, 0.25) is 0 Å². The minimum atomic E-state index is -0.835. The highest BCUT2D eigenvalue weighted by Gasteiger charge is 2.43. The highest BCUT2D eigenvalue weighted by Crippen LogP contribution is 2.45. The fourth-order valence-corrected chi connectivity index (χ4v) is 4.87. The third kappa shape index (κ3) is 3.64. The van der Waals surface area contributed by atoms with Crippen molar-refractivity contribution in [3.63, 3.8) is 0 Å². The molecular formula is C24H28N6O3. The topological polar surface area (TPSA) is 135 Å². The number of benzene rings is 2. The molecule has 3 aromatic rings. The fourth-order valence-electron chi connectivity index (χ4n) is 4.87. The molecule has 1 aliphatic rings. The number of carbonyl (C=O) groups is 2. The average molecular weight is 449 g/mol. The number of nitrogens with two attached hydrogens (primary N) is 1. The number of carbonyl (C=O) groups excluding carboxylic acids is 2. The van der Waals surface area contributed by atoms with Crippen LogP contribution < -0.4 is 22.1 Å². The van der Waals surface area contributed by atoms with Crippen molar-refractivity contribution in [3.8, 4) is 0 Å². The lowest BCUT2D eigenvalue weighted by Gasteiger charge is -2.34. The first kappa shape index (κ1) is 22.5. The van der Waals surface area contributed by atoms with Crippen molar-refractivity contribution in [2.45, 2.75) is 24.7 Å². The minimum Gasteiger partial charge on any atom is -0.355 e. The van der Waals surface area contributed by atoms with Crippen molar-refractivity contribution >= 4 is 11.8 Å². The summed E-state index contributed by atoms with van der Waals surface area (Å²) in [5.74, 6) is 0.152. The number of hydrogen-bond acceptors (Lipinski definition) is 5. The lowest BCUT2D eigenvalue weighted by atomic mass is 9.69. The van der Waals surface area contributed by atoms with Gasteiger partial charge in [-0.15, -0.1) is 0 Å². The predicted octanol–water partition coefficient (Wildman–Crippen LogP) is 0.609. The Kier molecular flexibility index (Phi) is 5.90. The number of nitrogens with one attached hydrogen (secondary N) is 3. The van der Waals surface area contributed by atoms with Crippen molar-refractivity contribution < 1.29 is 9.59 Å². The first-order valence-corrected chi connectivity index (χ1v) is 10.9. The minimum absolute atomic E-state index is 0.169. The van der Waals surface area contributed by atoms with Crippen LogP contribution in [0.25, 0.3) is 0 Å². The summed E-state index contributed by atoms with van der Waals surface area (Å²) in [4.78, 5) is 40.0. The largest absolute Gasteiger partial charge is 0.355 e. The van der Waals surface area contributed by atoms with Gasteiger partial charge >= 0.3 is 5.69 Å². The van der Waals surface area contributed by atoms with Crippen molar-refractivity contribution in [2.24, 2.45) is 12.8 Å². The summed E-state index contributed by atoms with van der Waals surface area (Å²) in [6, 6.07) is 11.2. The molecule has 0 saturated heterocycles. The van der Waals surface area contributed by atoms with Gasteiger partial charge in [0.2, 0.25) is 0 Å². The van der Waals surface area contributed by atoms with Gasteiger partial charge in [0.1, 0.15) is 5.82 Å². The van der Waals surface area contributed by atoms with Crippen molar-refractivity contribution in [3.05, 3.63) is 86.1 Å². The van der Waals surface area contributed by atoms with Crippen molar-refractivity contribution in [1.82, 2.24) is 25.4 Å². The van der Waals surface area contributed by atoms with Gasteiger partial charge in [-0.1, -0.05) is 12.1 Å². The Morgan fingerprint density at radius 2 is 1.55 bits per heavy atom. The molecule has 172 valence electrons. The van der Waals surface area contributed by atoms with Gasteiger partial charge in [-0.25, -0.2) is 9.48 Å². The molecule has 4 rings (SSSR count). The second-order valence-electron chi connectivity index (χ2n) is 8.25. The van der Waals surface area contributed by atoms with E-state index >= 15 is 0 Å². The molecule has 2 aromatic carbocycles. The van der Waals surface area contributed by atoms with Gasteiger partial charge in [-0.05, 0) is 72.3 Å². The van der Waals surface area contributed by atoms with Crippen LogP contribution in [-0.4, -0.2) is 47.2 Å². The number of amides is 2. The maximum Gasteiger partial charge on any atom is 0.343 e.